The summed E-state index contributed by atoms with van der Waals surface area (Å²) in [6.07, 6.45) is 3.14. The lowest BCUT2D eigenvalue weighted by Crippen LogP contribution is -2.43. The average molecular weight is 499 g/mol. The summed E-state index contributed by atoms with van der Waals surface area (Å²) >= 11 is 0. The lowest BCUT2D eigenvalue weighted by Gasteiger charge is -2.31. The second-order valence-corrected chi connectivity index (χ2v) is 10.2. The van der Waals surface area contributed by atoms with Crippen molar-refractivity contribution in [2.75, 3.05) is 26.5 Å². The number of nitrogens with one attached hydrogen (secondary N) is 1. The number of carbonyl (C=O) groups is 1. The molecule has 4 rings (SSSR count). The van der Waals surface area contributed by atoms with Crippen LogP contribution >= 0.6 is 0 Å². The molecule has 10 heteroatoms. The molecule has 1 saturated heterocycles. The molecule has 0 atom stereocenters. The Bertz CT molecular complexity index is 1340. The van der Waals surface area contributed by atoms with Gasteiger partial charge < -0.3 is 24.1 Å². The molecule has 2 heterocycles. The Morgan fingerprint density at radius 1 is 0.971 bits per heavy atom. The van der Waals surface area contributed by atoms with Crippen LogP contribution in [0.2, 0.25) is 0 Å². The van der Waals surface area contributed by atoms with Crippen molar-refractivity contribution >= 4 is 15.9 Å². The van der Waals surface area contributed by atoms with E-state index in [1.165, 1.54) is 18.3 Å². The third-order valence-electron chi connectivity index (χ3n) is 5.75. The number of benzene rings is 2. The van der Waals surface area contributed by atoms with Crippen molar-refractivity contribution in [3.8, 4) is 28.4 Å². The smallest absolute Gasteiger partial charge is 0.415 e. The zero-order chi connectivity index (χ0) is 25.0. The van der Waals surface area contributed by atoms with E-state index in [1.807, 2.05) is 0 Å². The quantitative estimate of drug-likeness (QED) is 0.553. The lowest BCUT2D eigenvalue weighted by atomic mass is 10.1. The molecule has 0 bridgehead atoms. The normalized spacial score (nSPS) is 14.4. The fraction of sp³-hybridized carbons (Fsp3) is 0.280. The minimum absolute atomic E-state index is 0.171. The predicted octanol–water partition coefficient (Wildman–Crippen LogP) is 3.50. The molecular formula is C25H26N2O7S. The van der Waals surface area contributed by atoms with Crippen molar-refractivity contribution in [2.24, 2.45) is 0 Å². The van der Waals surface area contributed by atoms with Crippen molar-refractivity contribution in [3.05, 3.63) is 71.1 Å². The SMILES string of the molecule is COc1ccc(OC(=O)N2CCC(Oc3cc[nH]c(=O)c3-c3ccc(S(C)(=O)=O)cc3)CC2)cc1. The van der Waals surface area contributed by atoms with E-state index in [-0.39, 0.29) is 16.6 Å². The molecule has 0 spiro atoms. The van der Waals surface area contributed by atoms with Gasteiger partial charge in [0.1, 0.15) is 23.4 Å². The van der Waals surface area contributed by atoms with E-state index in [0.717, 1.165) is 6.26 Å². The first-order chi connectivity index (χ1) is 16.7. The standard InChI is InChI=1S/C25H26N2O7S/c1-32-18-5-7-19(8-6-18)34-25(29)27-15-12-20(13-16-27)33-22-11-14-26-24(28)23(22)17-3-9-21(10-4-17)35(2,30)31/h3-11,14,20H,12-13,15-16H2,1-2H3,(H,26,28). The van der Waals surface area contributed by atoms with Crippen molar-refractivity contribution in [1.29, 1.82) is 0 Å². The monoisotopic (exact) mass is 498 g/mol. The average Bonchev–Trinajstić information content (AvgIpc) is 2.85. The Labute approximate surface area is 203 Å². The Morgan fingerprint density at radius 2 is 1.60 bits per heavy atom. The highest BCUT2D eigenvalue weighted by atomic mass is 32.2. The Hall–Kier alpha value is -3.79. The highest BCUT2D eigenvalue weighted by Crippen LogP contribution is 2.29. The summed E-state index contributed by atoms with van der Waals surface area (Å²) in [4.78, 5) is 29.5. The molecule has 0 radical (unpaired) electrons. The van der Waals surface area contributed by atoms with Gasteiger partial charge in [-0.15, -0.1) is 0 Å². The number of hydrogen-bond donors (Lipinski definition) is 1. The first-order valence-corrected chi connectivity index (χ1v) is 12.9. The number of H-pyrrole nitrogens is 1. The summed E-state index contributed by atoms with van der Waals surface area (Å²) in [5.74, 6) is 1.51. The van der Waals surface area contributed by atoms with Crippen LogP contribution in [-0.2, 0) is 9.84 Å². The topological polar surface area (TPSA) is 115 Å². The van der Waals surface area contributed by atoms with E-state index < -0.39 is 15.9 Å². The molecule has 9 nitrogen and oxygen atoms in total. The third-order valence-corrected chi connectivity index (χ3v) is 6.88. The molecule has 2 aromatic carbocycles. The number of pyridine rings is 1. The number of nitrogens with zero attached hydrogens (tertiary/aromatic N) is 1. The number of carbonyl (C=O) groups excluding carboxylic acids is 1. The summed E-state index contributed by atoms with van der Waals surface area (Å²) in [5.41, 5.74) is 0.541. The van der Waals surface area contributed by atoms with Gasteiger partial charge >= 0.3 is 6.09 Å². The van der Waals surface area contributed by atoms with Gasteiger partial charge in [-0.3, -0.25) is 4.79 Å². The van der Waals surface area contributed by atoms with E-state index in [2.05, 4.69) is 4.98 Å². The number of rotatable bonds is 6. The predicted molar refractivity (Wildman–Crippen MR) is 130 cm³/mol. The maximum Gasteiger partial charge on any atom is 0.415 e. The summed E-state index contributed by atoms with van der Waals surface area (Å²) < 4.78 is 40.2. The zero-order valence-corrected chi connectivity index (χ0v) is 20.2. The molecule has 184 valence electrons. The maximum absolute atomic E-state index is 12.6. The largest absolute Gasteiger partial charge is 0.497 e. The fourth-order valence-corrected chi connectivity index (χ4v) is 4.48. The summed E-state index contributed by atoms with van der Waals surface area (Å²) in [6.45, 7) is 0.891. The number of aromatic amines is 1. The van der Waals surface area contributed by atoms with Crippen LogP contribution in [-0.4, -0.2) is 57.0 Å². The molecule has 1 amide bonds. The molecular weight excluding hydrogens is 472 g/mol. The zero-order valence-electron chi connectivity index (χ0n) is 19.4. The van der Waals surface area contributed by atoms with Crippen molar-refractivity contribution in [3.63, 3.8) is 0 Å². The van der Waals surface area contributed by atoms with Crippen LogP contribution in [0, 0.1) is 0 Å². The molecule has 1 fully saturated rings. The number of methoxy groups -OCH3 is 1. The maximum atomic E-state index is 12.6. The van der Waals surface area contributed by atoms with Gasteiger partial charge in [0.15, 0.2) is 9.84 Å². The highest BCUT2D eigenvalue weighted by Gasteiger charge is 2.26. The van der Waals surface area contributed by atoms with Crippen LogP contribution in [0.5, 0.6) is 17.2 Å². The number of hydrogen-bond acceptors (Lipinski definition) is 7. The van der Waals surface area contributed by atoms with Crippen molar-refractivity contribution < 1.29 is 27.4 Å². The molecule has 0 unspecified atom stereocenters. The second-order valence-electron chi connectivity index (χ2n) is 8.19. The molecule has 0 saturated carbocycles. The van der Waals surface area contributed by atoms with Gasteiger partial charge in [-0.25, -0.2) is 13.2 Å². The van der Waals surface area contributed by atoms with E-state index in [4.69, 9.17) is 14.2 Å². The molecule has 1 aromatic heterocycles. The van der Waals surface area contributed by atoms with Gasteiger partial charge in [-0.05, 0) is 48.0 Å². The Kier molecular flexibility index (Phi) is 7.11. The van der Waals surface area contributed by atoms with Gasteiger partial charge in [-0.1, -0.05) is 12.1 Å². The third kappa shape index (κ3) is 5.83. The fourth-order valence-electron chi connectivity index (χ4n) is 3.85. The van der Waals surface area contributed by atoms with Gasteiger partial charge in [-0.2, -0.15) is 0 Å². The van der Waals surface area contributed by atoms with Crippen LogP contribution in [0.1, 0.15) is 12.8 Å². The lowest BCUT2D eigenvalue weighted by molar-refractivity contribution is 0.0932. The molecule has 0 aliphatic carbocycles. The van der Waals surface area contributed by atoms with Crippen molar-refractivity contribution in [2.45, 2.75) is 23.8 Å². The van der Waals surface area contributed by atoms with E-state index in [1.54, 1.807) is 54.5 Å². The molecule has 1 aliphatic rings. The molecule has 35 heavy (non-hydrogen) atoms. The minimum Gasteiger partial charge on any atom is -0.497 e. The first-order valence-electron chi connectivity index (χ1n) is 11.0. The van der Waals surface area contributed by atoms with Crippen LogP contribution < -0.4 is 19.8 Å². The van der Waals surface area contributed by atoms with Gasteiger partial charge in [0.05, 0.1) is 17.6 Å². The number of piperidine rings is 1. The van der Waals surface area contributed by atoms with Crippen LogP contribution in [0.4, 0.5) is 4.79 Å². The highest BCUT2D eigenvalue weighted by molar-refractivity contribution is 7.90. The minimum atomic E-state index is -3.35. The van der Waals surface area contributed by atoms with Crippen molar-refractivity contribution in [1.82, 2.24) is 9.88 Å². The van der Waals surface area contributed by atoms with Gasteiger partial charge in [0.25, 0.3) is 5.56 Å². The van der Waals surface area contributed by atoms with E-state index >= 15 is 0 Å². The van der Waals surface area contributed by atoms with Crippen LogP contribution in [0.3, 0.4) is 0 Å². The molecule has 3 aromatic rings. The summed E-state index contributed by atoms with van der Waals surface area (Å²) in [5, 5.41) is 0. The van der Waals surface area contributed by atoms with Gasteiger partial charge in [0, 0.05) is 38.4 Å². The summed E-state index contributed by atoms with van der Waals surface area (Å²) in [7, 11) is -1.78. The Morgan fingerprint density at radius 3 is 2.20 bits per heavy atom. The number of aromatic nitrogens is 1. The van der Waals surface area contributed by atoms with Crippen LogP contribution in [0.25, 0.3) is 11.1 Å². The van der Waals surface area contributed by atoms with Crippen LogP contribution in [0.15, 0.2) is 70.5 Å². The number of amides is 1. The van der Waals surface area contributed by atoms with E-state index in [9.17, 15) is 18.0 Å². The van der Waals surface area contributed by atoms with Gasteiger partial charge in [0.2, 0.25) is 0 Å². The number of ether oxygens (including phenoxy) is 3. The first kappa shape index (κ1) is 24.3. The molecule has 1 N–H and O–H groups in total. The molecule has 1 aliphatic heterocycles. The second kappa shape index (κ2) is 10.2. The number of sulfone groups is 1. The van der Waals surface area contributed by atoms with E-state index in [0.29, 0.717) is 54.3 Å². The summed E-state index contributed by atoms with van der Waals surface area (Å²) in [6, 6.07) is 14.6. The number of likely N-dealkylation sites (tertiary alicyclic amines) is 1. The Balaban J connectivity index is 1.41.